The second-order valence-electron chi connectivity index (χ2n) is 6.92. The van der Waals surface area contributed by atoms with Gasteiger partial charge in [-0.15, -0.1) is 5.10 Å². The van der Waals surface area contributed by atoms with Crippen LogP contribution in [0.3, 0.4) is 0 Å². The van der Waals surface area contributed by atoms with Crippen LogP contribution >= 0.6 is 11.8 Å². The fourth-order valence-electron chi connectivity index (χ4n) is 2.80. The van der Waals surface area contributed by atoms with E-state index in [2.05, 4.69) is 15.2 Å². The first-order valence-electron chi connectivity index (χ1n) is 9.89. The van der Waals surface area contributed by atoms with E-state index in [0.717, 1.165) is 36.0 Å². The minimum Gasteiger partial charge on any atom is -0.493 e. The Morgan fingerprint density at radius 2 is 1.97 bits per heavy atom. The van der Waals surface area contributed by atoms with Crippen LogP contribution in [-0.2, 0) is 17.8 Å². The number of aryl methyl sites for hydroxylation is 2. The summed E-state index contributed by atoms with van der Waals surface area (Å²) in [5, 5.41) is 16.9. The zero-order valence-corrected chi connectivity index (χ0v) is 18.5. The molecule has 0 bridgehead atoms. The highest BCUT2D eigenvalue weighted by Gasteiger charge is 2.14. The molecule has 0 radical (unpaired) electrons. The lowest BCUT2D eigenvalue weighted by atomic mass is 10.1. The molecule has 1 aromatic heterocycles. The maximum atomic E-state index is 11.7. The number of carboxylic acids is 1. The quantitative estimate of drug-likeness (QED) is 0.343. The number of methoxy groups -OCH3 is 1. The van der Waals surface area contributed by atoms with Crippen molar-refractivity contribution in [3.63, 3.8) is 0 Å². The molecule has 2 N–H and O–H groups in total. The number of nitrogens with zero attached hydrogens (tertiary/aromatic N) is 2. The lowest BCUT2D eigenvalue weighted by molar-refractivity contribution is -0.131. The highest BCUT2D eigenvalue weighted by atomic mass is 32.2. The Labute approximate surface area is 185 Å². The van der Waals surface area contributed by atoms with Crippen LogP contribution in [0.1, 0.15) is 35.9 Å². The van der Waals surface area contributed by atoms with Crippen molar-refractivity contribution in [2.45, 2.75) is 38.5 Å². The Balaban J connectivity index is 1.75. The van der Waals surface area contributed by atoms with E-state index in [1.54, 1.807) is 31.4 Å². The molecule has 0 fully saturated rings. The molecule has 3 rings (SSSR count). The van der Waals surface area contributed by atoms with Gasteiger partial charge in [0.15, 0.2) is 11.5 Å². The molecule has 0 saturated carbocycles. The van der Waals surface area contributed by atoms with E-state index in [-0.39, 0.29) is 4.91 Å². The number of aromatic amines is 1. The van der Waals surface area contributed by atoms with E-state index < -0.39 is 5.97 Å². The molecule has 31 heavy (non-hydrogen) atoms. The fraction of sp³-hybridized carbons (Fsp3) is 0.261. The Hall–Kier alpha value is -3.26. The second kappa shape index (κ2) is 10.7. The molecule has 0 aliphatic rings. The molecule has 3 aromatic rings. The average molecular weight is 440 g/mol. The molecule has 1 heterocycles. The molecule has 0 saturated heterocycles. The number of hydrogen-bond acceptors (Lipinski definition) is 6. The van der Waals surface area contributed by atoms with Gasteiger partial charge in [0.2, 0.25) is 5.16 Å². The van der Waals surface area contributed by atoms with Crippen molar-refractivity contribution in [3.8, 4) is 11.5 Å². The third-order valence-corrected chi connectivity index (χ3v) is 5.29. The summed E-state index contributed by atoms with van der Waals surface area (Å²) in [6, 6.07) is 13.4. The van der Waals surface area contributed by atoms with Crippen LogP contribution in [0.5, 0.6) is 11.5 Å². The second-order valence-corrected chi connectivity index (χ2v) is 7.92. The van der Waals surface area contributed by atoms with Gasteiger partial charge < -0.3 is 14.6 Å². The molecule has 0 atom stereocenters. The van der Waals surface area contributed by atoms with Crippen LogP contribution in [0.15, 0.2) is 52.5 Å². The highest BCUT2D eigenvalue weighted by molar-refractivity contribution is 8.04. The lowest BCUT2D eigenvalue weighted by Gasteiger charge is -2.12. The first-order valence-corrected chi connectivity index (χ1v) is 10.7. The van der Waals surface area contributed by atoms with Gasteiger partial charge in [0, 0.05) is 6.42 Å². The van der Waals surface area contributed by atoms with Crippen LogP contribution in [0.4, 0.5) is 0 Å². The molecule has 0 aliphatic carbocycles. The Morgan fingerprint density at radius 1 is 1.19 bits per heavy atom. The van der Waals surface area contributed by atoms with Gasteiger partial charge in [-0.1, -0.05) is 42.8 Å². The predicted molar refractivity (Wildman–Crippen MR) is 120 cm³/mol. The largest absolute Gasteiger partial charge is 0.493 e. The number of carboxylic acid groups (broad SMARTS) is 1. The molecule has 7 nitrogen and oxygen atoms in total. The zero-order chi connectivity index (χ0) is 22.2. The Kier molecular flexibility index (Phi) is 7.72. The van der Waals surface area contributed by atoms with E-state index in [1.165, 1.54) is 5.56 Å². The summed E-state index contributed by atoms with van der Waals surface area (Å²) >= 11 is 1.00. The lowest BCUT2D eigenvalue weighted by Crippen LogP contribution is -1.99. The van der Waals surface area contributed by atoms with E-state index >= 15 is 0 Å². The molecule has 0 aliphatic heterocycles. The third-order valence-electron chi connectivity index (χ3n) is 4.41. The molecule has 0 spiro atoms. The number of H-pyrrole nitrogens is 1. The van der Waals surface area contributed by atoms with E-state index in [1.807, 2.05) is 38.1 Å². The fourth-order valence-corrected chi connectivity index (χ4v) is 3.52. The molecule has 162 valence electrons. The zero-order valence-electron chi connectivity index (χ0n) is 17.7. The first kappa shape index (κ1) is 22.4. The maximum Gasteiger partial charge on any atom is 0.342 e. The Bertz CT molecular complexity index is 1060. The summed E-state index contributed by atoms with van der Waals surface area (Å²) in [6.45, 7) is 4.49. The van der Waals surface area contributed by atoms with Gasteiger partial charge in [0.1, 0.15) is 17.3 Å². The number of nitrogens with one attached hydrogen (secondary N) is 1. The maximum absolute atomic E-state index is 11.7. The molecular weight excluding hydrogens is 414 g/mol. The Morgan fingerprint density at radius 3 is 2.65 bits per heavy atom. The molecule has 0 amide bonds. The van der Waals surface area contributed by atoms with Crippen molar-refractivity contribution in [3.05, 3.63) is 69.9 Å². The van der Waals surface area contributed by atoms with Gasteiger partial charge in [0.05, 0.1) is 7.11 Å². The first-order chi connectivity index (χ1) is 15.0. The van der Waals surface area contributed by atoms with Gasteiger partial charge >= 0.3 is 5.97 Å². The molecule has 2 aromatic carbocycles. The summed E-state index contributed by atoms with van der Waals surface area (Å²) in [4.78, 5) is 16.2. The predicted octanol–water partition coefficient (Wildman–Crippen LogP) is 4.87. The highest BCUT2D eigenvalue weighted by Crippen LogP contribution is 2.32. The number of benzene rings is 2. The van der Waals surface area contributed by atoms with Crippen molar-refractivity contribution in [1.29, 1.82) is 0 Å². The van der Waals surface area contributed by atoms with Gasteiger partial charge in [-0.25, -0.2) is 9.78 Å². The molecule has 0 unspecified atom stereocenters. The summed E-state index contributed by atoms with van der Waals surface area (Å²) in [6.07, 6.45) is 3.26. The molecular formula is C23H25N3O4S. The van der Waals surface area contributed by atoms with E-state index in [0.29, 0.717) is 28.8 Å². The number of ether oxygens (including phenoxy) is 2. The average Bonchev–Trinajstić information content (AvgIpc) is 3.20. The SMILES string of the molecule is CCCc1nc(S/C(=C\c2ccc(OCc3ccc(C)cc3)c(OC)c2)C(=O)O)n[nH]1. The minimum atomic E-state index is -1.05. The number of aliphatic carboxylic acids is 1. The van der Waals surface area contributed by atoms with Gasteiger partial charge in [-0.2, -0.15) is 0 Å². The van der Waals surface area contributed by atoms with Crippen molar-refractivity contribution in [2.75, 3.05) is 7.11 Å². The van der Waals surface area contributed by atoms with Crippen molar-refractivity contribution < 1.29 is 19.4 Å². The minimum absolute atomic E-state index is 0.109. The number of thioether (sulfide) groups is 1. The smallest absolute Gasteiger partial charge is 0.342 e. The van der Waals surface area contributed by atoms with Gasteiger partial charge in [0.25, 0.3) is 0 Å². The number of rotatable bonds is 10. The summed E-state index contributed by atoms with van der Waals surface area (Å²) < 4.78 is 11.3. The van der Waals surface area contributed by atoms with Crippen LogP contribution in [0, 0.1) is 6.92 Å². The van der Waals surface area contributed by atoms with Crippen LogP contribution in [0.25, 0.3) is 6.08 Å². The number of hydrogen-bond donors (Lipinski definition) is 2. The summed E-state index contributed by atoms with van der Waals surface area (Å²) in [5.41, 5.74) is 2.92. The van der Waals surface area contributed by atoms with Crippen molar-refractivity contribution >= 4 is 23.8 Å². The summed E-state index contributed by atoms with van der Waals surface area (Å²) in [5.74, 6) is 0.804. The van der Waals surface area contributed by atoms with Gasteiger partial charge in [-0.3, -0.25) is 5.10 Å². The van der Waals surface area contributed by atoms with Crippen molar-refractivity contribution in [1.82, 2.24) is 15.2 Å². The summed E-state index contributed by atoms with van der Waals surface area (Å²) in [7, 11) is 1.55. The van der Waals surface area contributed by atoms with Crippen LogP contribution in [-0.4, -0.2) is 33.4 Å². The number of carbonyl (C=O) groups is 1. The van der Waals surface area contributed by atoms with Gasteiger partial charge in [-0.05, 0) is 54.4 Å². The topological polar surface area (TPSA) is 97.3 Å². The van der Waals surface area contributed by atoms with E-state index in [4.69, 9.17) is 9.47 Å². The van der Waals surface area contributed by atoms with E-state index in [9.17, 15) is 9.90 Å². The number of aromatic nitrogens is 3. The molecule has 8 heteroatoms. The van der Waals surface area contributed by atoms with Crippen LogP contribution < -0.4 is 9.47 Å². The monoisotopic (exact) mass is 439 g/mol. The van der Waals surface area contributed by atoms with Crippen LogP contribution in [0.2, 0.25) is 0 Å². The van der Waals surface area contributed by atoms with Crippen molar-refractivity contribution in [2.24, 2.45) is 0 Å². The normalized spacial score (nSPS) is 11.4. The standard InChI is InChI=1S/C23H25N3O4S/c1-4-5-21-24-23(26-25-21)31-20(22(27)28)13-17-10-11-18(19(12-17)29-3)30-14-16-8-6-15(2)7-9-16/h6-13H,4-5,14H2,1-3H3,(H,27,28)(H,24,25,26)/b20-13-. The third kappa shape index (κ3) is 6.36.